The van der Waals surface area contributed by atoms with Gasteiger partial charge in [-0.25, -0.2) is 9.78 Å². The van der Waals surface area contributed by atoms with E-state index in [0.29, 0.717) is 34.4 Å². The van der Waals surface area contributed by atoms with Crippen molar-refractivity contribution >= 4 is 40.8 Å². The molecule has 1 aromatic heterocycles. The molecule has 2 aromatic carbocycles. The lowest BCUT2D eigenvalue weighted by atomic mass is 10.2. The summed E-state index contributed by atoms with van der Waals surface area (Å²) in [5.74, 6) is 1.47. The van der Waals surface area contributed by atoms with Gasteiger partial charge in [0.25, 0.3) is 0 Å². The van der Waals surface area contributed by atoms with Crippen LogP contribution < -0.4 is 30.3 Å². The first kappa shape index (κ1) is 21.6. The van der Waals surface area contributed by atoms with Gasteiger partial charge in [0.05, 0.1) is 37.8 Å². The fourth-order valence-corrected chi connectivity index (χ4v) is 3.26. The first-order chi connectivity index (χ1) is 16.0. The molecule has 3 aromatic rings. The van der Waals surface area contributed by atoms with Crippen LogP contribution in [0.4, 0.5) is 33.6 Å². The molecular formula is C23H22N6O4. The van der Waals surface area contributed by atoms with Gasteiger partial charge < -0.3 is 20.1 Å². The minimum atomic E-state index is -0.346. The Morgan fingerprint density at radius 2 is 1.85 bits per heavy atom. The molecular weight excluding hydrogens is 424 g/mol. The van der Waals surface area contributed by atoms with Crippen LogP contribution in [-0.2, 0) is 11.3 Å². The summed E-state index contributed by atoms with van der Waals surface area (Å²) in [5.41, 5.74) is 2.49. The van der Waals surface area contributed by atoms with Crippen molar-refractivity contribution in [3.8, 4) is 11.5 Å². The molecule has 0 unspecified atom stereocenters. The monoisotopic (exact) mass is 446 g/mol. The van der Waals surface area contributed by atoms with E-state index in [9.17, 15) is 9.59 Å². The quantitative estimate of drug-likeness (QED) is 0.471. The predicted molar refractivity (Wildman–Crippen MR) is 125 cm³/mol. The number of nitrogens with zero attached hydrogens (tertiary/aromatic N) is 3. The van der Waals surface area contributed by atoms with Crippen LogP contribution in [0, 0.1) is 0 Å². The highest BCUT2D eigenvalue weighted by atomic mass is 16.5. The van der Waals surface area contributed by atoms with E-state index in [-0.39, 0.29) is 24.4 Å². The van der Waals surface area contributed by atoms with Crippen molar-refractivity contribution in [2.45, 2.75) is 6.54 Å². The molecule has 4 rings (SSSR count). The van der Waals surface area contributed by atoms with Crippen molar-refractivity contribution in [3.63, 3.8) is 0 Å². The third-order valence-corrected chi connectivity index (χ3v) is 4.93. The standard InChI is InChI=1S/C23H22N6O4/c1-4-20(30)25-18-7-5-6-8-19(18)26-22-24-12-14-13-29(23(31)28-21(14)27-22)15-9-16(32-2)11-17(10-15)33-3/h4-12H,1,13H2,2-3H3,(H,25,30)(H2,24,26,27,28,31). The maximum atomic E-state index is 12.8. The molecule has 3 N–H and O–H groups in total. The third kappa shape index (κ3) is 4.69. The number of carbonyl (C=O) groups is 2. The van der Waals surface area contributed by atoms with Crippen LogP contribution in [0.15, 0.2) is 61.3 Å². The van der Waals surface area contributed by atoms with Gasteiger partial charge in [-0.1, -0.05) is 18.7 Å². The number of methoxy groups -OCH3 is 2. The van der Waals surface area contributed by atoms with Crippen LogP contribution in [-0.4, -0.2) is 36.1 Å². The molecule has 3 amide bonds. The summed E-state index contributed by atoms with van der Waals surface area (Å²) < 4.78 is 10.6. The number of fused-ring (bicyclic) bond motifs is 1. The molecule has 0 saturated heterocycles. The largest absolute Gasteiger partial charge is 0.497 e. The van der Waals surface area contributed by atoms with E-state index in [1.165, 1.54) is 6.08 Å². The van der Waals surface area contributed by atoms with E-state index in [1.54, 1.807) is 61.7 Å². The Morgan fingerprint density at radius 1 is 1.15 bits per heavy atom. The number of para-hydroxylation sites is 2. The molecule has 0 radical (unpaired) electrons. The van der Waals surface area contributed by atoms with E-state index in [2.05, 4.69) is 32.5 Å². The van der Waals surface area contributed by atoms with Crippen LogP contribution in [0.3, 0.4) is 0 Å². The Hall–Kier alpha value is -4.60. The lowest BCUT2D eigenvalue weighted by Gasteiger charge is -2.29. The second-order valence-corrected chi connectivity index (χ2v) is 7.02. The highest BCUT2D eigenvalue weighted by Gasteiger charge is 2.26. The number of anilines is 5. The Kier molecular flexibility index (Phi) is 6.07. The number of ether oxygens (including phenoxy) is 2. The van der Waals surface area contributed by atoms with Crippen LogP contribution in [0.25, 0.3) is 0 Å². The van der Waals surface area contributed by atoms with Gasteiger partial charge >= 0.3 is 6.03 Å². The van der Waals surface area contributed by atoms with Crippen molar-refractivity contribution in [2.24, 2.45) is 0 Å². The van der Waals surface area contributed by atoms with Crippen LogP contribution in [0.2, 0.25) is 0 Å². The van der Waals surface area contributed by atoms with Crippen LogP contribution in [0.5, 0.6) is 11.5 Å². The van der Waals surface area contributed by atoms with E-state index in [1.807, 2.05) is 6.07 Å². The Balaban J connectivity index is 1.57. The second-order valence-electron chi connectivity index (χ2n) is 7.02. The van der Waals surface area contributed by atoms with Gasteiger partial charge in [0.1, 0.15) is 17.3 Å². The summed E-state index contributed by atoms with van der Waals surface area (Å²) >= 11 is 0. The van der Waals surface area contributed by atoms with Gasteiger partial charge in [-0.15, -0.1) is 0 Å². The zero-order chi connectivity index (χ0) is 23.4. The van der Waals surface area contributed by atoms with Crippen molar-refractivity contribution < 1.29 is 19.1 Å². The number of hydrogen-bond donors (Lipinski definition) is 3. The molecule has 0 atom stereocenters. The average Bonchev–Trinajstić information content (AvgIpc) is 2.84. The molecule has 10 heteroatoms. The molecule has 0 bridgehead atoms. The molecule has 1 aliphatic rings. The molecule has 33 heavy (non-hydrogen) atoms. The summed E-state index contributed by atoms with van der Waals surface area (Å²) in [6.45, 7) is 3.73. The number of urea groups is 1. The molecule has 2 heterocycles. The summed E-state index contributed by atoms with van der Waals surface area (Å²) in [6.07, 6.45) is 2.82. The second kappa shape index (κ2) is 9.27. The van der Waals surface area contributed by atoms with E-state index >= 15 is 0 Å². The molecule has 10 nitrogen and oxygen atoms in total. The van der Waals surface area contributed by atoms with E-state index in [0.717, 1.165) is 5.56 Å². The molecule has 168 valence electrons. The Morgan fingerprint density at radius 3 is 2.52 bits per heavy atom. The summed E-state index contributed by atoms with van der Waals surface area (Å²) in [6, 6.07) is 12.0. The normalized spacial score (nSPS) is 12.3. The third-order valence-electron chi connectivity index (χ3n) is 4.93. The van der Waals surface area contributed by atoms with Gasteiger partial charge in [-0.05, 0) is 18.2 Å². The van der Waals surface area contributed by atoms with Gasteiger partial charge in [0, 0.05) is 30.0 Å². The number of carbonyl (C=O) groups excluding carboxylic acids is 2. The van der Waals surface area contributed by atoms with Crippen molar-refractivity contribution in [2.75, 3.05) is 35.1 Å². The number of nitrogens with one attached hydrogen (secondary N) is 3. The number of amides is 3. The molecule has 0 spiro atoms. The number of benzene rings is 2. The summed E-state index contributed by atoms with van der Waals surface area (Å²) in [5, 5.41) is 8.59. The van der Waals surface area contributed by atoms with Gasteiger partial charge in [0.15, 0.2) is 0 Å². The van der Waals surface area contributed by atoms with Crippen LogP contribution >= 0.6 is 0 Å². The number of rotatable bonds is 7. The fraction of sp³-hybridized carbons (Fsp3) is 0.130. The smallest absolute Gasteiger partial charge is 0.327 e. The fourth-order valence-electron chi connectivity index (χ4n) is 3.26. The molecule has 0 saturated carbocycles. The van der Waals surface area contributed by atoms with Gasteiger partial charge in [-0.2, -0.15) is 4.98 Å². The highest BCUT2D eigenvalue weighted by Crippen LogP contribution is 2.33. The number of hydrogen-bond acceptors (Lipinski definition) is 7. The molecule has 1 aliphatic heterocycles. The topological polar surface area (TPSA) is 118 Å². The summed E-state index contributed by atoms with van der Waals surface area (Å²) in [4.78, 5) is 34.9. The predicted octanol–water partition coefficient (Wildman–Crippen LogP) is 3.91. The van der Waals surface area contributed by atoms with Gasteiger partial charge in [0.2, 0.25) is 11.9 Å². The maximum absolute atomic E-state index is 12.8. The molecule has 0 aliphatic carbocycles. The van der Waals surface area contributed by atoms with Crippen molar-refractivity contribution in [1.29, 1.82) is 0 Å². The van der Waals surface area contributed by atoms with E-state index < -0.39 is 0 Å². The zero-order valence-electron chi connectivity index (χ0n) is 18.1. The zero-order valence-corrected chi connectivity index (χ0v) is 18.1. The van der Waals surface area contributed by atoms with Gasteiger partial charge in [-0.3, -0.25) is 15.0 Å². The minimum Gasteiger partial charge on any atom is -0.497 e. The highest BCUT2D eigenvalue weighted by molar-refractivity contribution is 6.04. The first-order valence-electron chi connectivity index (χ1n) is 9.97. The SMILES string of the molecule is C=CC(=O)Nc1ccccc1Nc1ncc2c(n1)NC(=O)N(c1cc(OC)cc(OC)c1)C2. The Bertz CT molecular complexity index is 1210. The Labute approximate surface area is 190 Å². The van der Waals surface area contributed by atoms with E-state index in [4.69, 9.17) is 9.47 Å². The lowest BCUT2D eigenvalue weighted by Crippen LogP contribution is -2.39. The first-order valence-corrected chi connectivity index (χ1v) is 9.97. The lowest BCUT2D eigenvalue weighted by molar-refractivity contribution is -0.111. The van der Waals surface area contributed by atoms with Crippen molar-refractivity contribution in [3.05, 3.63) is 66.9 Å². The minimum absolute atomic E-state index is 0.268. The number of aromatic nitrogens is 2. The molecule has 0 fully saturated rings. The van der Waals surface area contributed by atoms with Crippen LogP contribution in [0.1, 0.15) is 5.56 Å². The maximum Gasteiger partial charge on any atom is 0.327 e. The summed E-state index contributed by atoms with van der Waals surface area (Å²) in [7, 11) is 3.10. The average molecular weight is 446 g/mol. The van der Waals surface area contributed by atoms with Crippen molar-refractivity contribution in [1.82, 2.24) is 9.97 Å².